The first kappa shape index (κ1) is 20.1. The van der Waals surface area contributed by atoms with Gasteiger partial charge in [-0.15, -0.1) is 0 Å². The van der Waals surface area contributed by atoms with Gasteiger partial charge in [-0.1, -0.05) is 43.6 Å². The number of hydrogen-bond donors (Lipinski definition) is 1. The summed E-state index contributed by atoms with van der Waals surface area (Å²) in [6.07, 6.45) is 2.95. The van der Waals surface area contributed by atoms with Crippen LogP contribution in [0.25, 0.3) is 5.69 Å². The molecule has 3 nitrogen and oxygen atoms in total. The van der Waals surface area contributed by atoms with E-state index >= 15 is 0 Å². The number of rotatable bonds is 5. The molecule has 2 unspecified atom stereocenters. The van der Waals surface area contributed by atoms with Crippen molar-refractivity contribution in [1.29, 1.82) is 0 Å². The van der Waals surface area contributed by atoms with Crippen molar-refractivity contribution in [2.45, 2.75) is 51.6 Å². The highest BCUT2D eigenvalue weighted by atomic mass is 35.5. The number of hydrogen-bond acceptors (Lipinski definition) is 2. The number of benzene rings is 2. The summed E-state index contributed by atoms with van der Waals surface area (Å²) in [7, 11) is 1.77. The number of aliphatic hydroxyl groups excluding tert-OH is 1. The fourth-order valence-corrected chi connectivity index (χ4v) is 4.80. The average Bonchev–Trinajstić information content (AvgIpc) is 3.09. The van der Waals surface area contributed by atoms with E-state index in [0.29, 0.717) is 5.92 Å². The van der Waals surface area contributed by atoms with Crippen LogP contribution in [0.5, 0.6) is 5.75 Å². The molecule has 1 aliphatic heterocycles. The largest absolute Gasteiger partial charge is 0.496 e. The monoisotopic (exact) mass is 409 g/mol. The van der Waals surface area contributed by atoms with Gasteiger partial charge >= 0.3 is 0 Å². The lowest BCUT2D eigenvalue weighted by molar-refractivity contribution is 0.274. The first-order chi connectivity index (χ1) is 14.1. The zero-order valence-electron chi connectivity index (χ0n) is 17.3. The van der Waals surface area contributed by atoms with Crippen molar-refractivity contribution in [3.05, 3.63) is 81.6 Å². The second-order valence-corrected chi connectivity index (χ2v) is 8.32. The highest BCUT2D eigenvalue weighted by molar-refractivity contribution is 6.30. The second kappa shape index (κ2) is 8.25. The standard InChI is InChI=1S/C25H28ClNO2/c1-4-16(2)20-6-5-7-22(25(20)29-3)21-12-11-18-9-10-19(15-28)27(18)24-13-8-17(26)14-23(21)24/h5-10,13-14,16,21,28H,4,11-12,15H2,1-3H3. The molecule has 0 saturated heterocycles. The average molecular weight is 410 g/mol. The van der Waals surface area contributed by atoms with Gasteiger partial charge < -0.3 is 14.4 Å². The number of halogens is 1. The van der Waals surface area contributed by atoms with Gasteiger partial charge in [0.05, 0.1) is 13.7 Å². The quantitative estimate of drug-likeness (QED) is 0.542. The summed E-state index contributed by atoms with van der Waals surface area (Å²) in [5, 5.41) is 10.6. The lowest BCUT2D eigenvalue weighted by atomic mass is 9.83. The van der Waals surface area contributed by atoms with Gasteiger partial charge in [0.25, 0.3) is 0 Å². The van der Waals surface area contributed by atoms with E-state index in [1.54, 1.807) is 7.11 Å². The van der Waals surface area contributed by atoms with Crippen molar-refractivity contribution in [3.63, 3.8) is 0 Å². The lowest BCUT2D eigenvalue weighted by Gasteiger charge is -2.24. The first-order valence-corrected chi connectivity index (χ1v) is 10.7. The van der Waals surface area contributed by atoms with E-state index in [2.05, 4.69) is 54.8 Å². The van der Waals surface area contributed by atoms with Gasteiger partial charge in [0.1, 0.15) is 5.75 Å². The molecular weight excluding hydrogens is 382 g/mol. The van der Waals surface area contributed by atoms with Gasteiger partial charge in [0, 0.05) is 33.6 Å². The number of ether oxygens (including phenoxy) is 1. The number of para-hydroxylation sites is 1. The topological polar surface area (TPSA) is 34.4 Å². The maximum absolute atomic E-state index is 9.88. The molecule has 152 valence electrons. The maximum Gasteiger partial charge on any atom is 0.126 e. The third kappa shape index (κ3) is 3.47. The molecule has 0 saturated carbocycles. The summed E-state index contributed by atoms with van der Waals surface area (Å²) < 4.78 is 8.15. The Morgan fingerprint density at radius 2 is 2.00 bits per heavy atom. The number of methoxy groups -OCH3 is 1. The summed E-state index contributed by atoms with van der Waals surface area (Å²) >= 11 is 6.45. The SMILES string of the molecule is CCC(C)c1cccc(C2CCc3ccc(CO)n3-c3ccc(Cl)cc32)c1OC. The predicted molar refractivity (Wildman–Crippen MR) is 119 cm³/mol. The van der Waals surface area contributed by atoms with Crippen molar-refractivity contribution in [1.82, 2.24) is 4.57 Å². The summed E-state index contributed by atoms with van der Waals surface area (Å²) in [6, 6.07) is 16.7. The zero-order valence-corrected chi connectivity index (χ0v) is 18.0. The molecule has 4 heteroatoms. The highest BCUT2D eigenvalue weighted by Crippen LogP contribution is 2.44. The number of fused-ring (bicyclic) bond motifs is 3. The van der Waals surface area contributed by atoms with E-state index in [1.165, 1.54) is 22.4 Å². The molecule has 0 aliphatic carbocycles. The minimum absolute atomic E-state index is 0.0134. The van der Waals surface area contributed by atoms with Gasteiger partial charge in [-0.25, -0.2) is 0 Å². The van der Waals surface area contributed by atoms with Crippen LogP contribution in [0.2, 0.25) is 5.02 Å². The summed E-state index contributed by atoms with van der Waals surface area (Å²) in [4.78, 5) is 0. The maximum atomic E-state index is 9.88. The van der Waals surface area contributed by atoms with Crippen molar-refractivity contribution in [2.75, 3.05) is 7.11 Å². The number of aromatic nitrogens is 1. The molecular formula is C25H28ClNO2. The third-order valence-electron chi connectivity index (χ3n) is 6.30. The Morgan fingerprint density at radius 3 is 2.72 bits per heavy atom. The number of aliphatic hydroxyl groups is 1. The summed E-state index contributed by atoms with van der Waals surface area (Å²) in [5.41, 5.74) is 6.88. The van der Waals surface area contributed by atoms with Crippen LogP contribution in [0.15, 0.2) is 48.5 Å². The Labute approximate surface area is 177 Å². The molecule has 0 fully saturated rings. The van der Waals surface area contributed by atoms with Crippen LogP contribution in [-0.4, -0.2) is 16.8 Å². The highest BCUT2D eigenvalue weighted by Gasteiger charge is 2.28. The Kier molecular flexibility index (Phi) is 5.71. The molecule has 0 amide bonds. The van der Waals surface area contributed by atoms with E-state index in [-0.39, 0.29) is 12.5 Å². The van der Waals surface area contributed by atoms with Gasteiger partial charge in [-0.2, -0.15) is 0 Å². The Morgan fingerprint density at radius 1 is 1.17 bits per heavy atom. The van der Waals surface area contributed by atoms with Gasteiger partial charge in [0.2, 0.25) is 0 Å². The zero-order chi connectivity index (χ0) is 20.5. The minimum atomic E-state index is 0.0134. The van der Waals surface area contributed by atoms with Crippen LogP contribution >= 0.6 is 11.6 Å². The molecule has 29 heavy (non-hydrogen) atoms. The van der Waals surface area contributed by atoms with E-state index < -0.39 is 0 Å². The smallest absolute Gasteiger partial charge is 0.126 e. The van der Waals surface area contributed by atoms with E-state index in [0.717, 1.165) is 41.4 Å². The number of aryl methyl sites for hydroxylation is 1. The van der Waals surface area contributed by atoms with Crippen LogP contribution in [0.4, 0.5) is 0 Å². The van der Waals surface area contributed by atoms with Crippen molar-refractivity contribution < 1.29 is 9.84 Å². The molecule has 0 bridgehead atoms. The molecule has 3 aromatic rings. The summed E-state index contributed by atoms with van der Waals surface area (Å²) in [5.74, 6) is 1.60. The molecule has 0 spiro atoms. The van der Waals surface area contributed by atoms with Gasteiger partial charge in [0.15, 0.2) is 0 Å². The molecule has 2 aromatic carbocycles. The van der Waals surface area contributed by atoms with E-state index in [9.17, 15) is 5.11 Å². The fourth-order valence-electron chi connectivity index (χ4n) is 4.62. The van der Waals surface area contributed by atoms with Crippen molar-refractivity contribution >= 4 is 11.6 Å². The minimum Gasteiger partial charge on any atom is -0.496 e. The molecule has 1 aromatic heterocycles. The second-order valence-electron chi connectivity index (χ2n) is 7.88. The van der Waals surface area contributed by atoms with Crippen molar-refractivity contribution in [3.8, 4) is 11.4 Å². The normalized spacial score (nSPS) is 16.7. The Hall–Kier alpha value is -2.23. The Bertz CT molecular complexity index is 1020. The molecule has 1 N–H and O–H groups in total. The number of nitrogens with zero attached hydrogens (tertiary/aromatic N) is 1. The Balaban J connectivity index is 1.93. The van der Waals surface area contributed by atoms with Crippen LogP contribution < -0.4 is 4.74 Å². The third-order valence-corrected chi connectivity index (χ3v) is 6.53. The van der Waals surface area contributed by atoms with Crippen LogP contribution in [0.3, 0.4) is 0 Å². The van der Waals surface area contributed by atoms with E-state index in [4.69, 9.17) is 16.3 Å². The molecule has 2 atom stereocenters. The van der Waals surface area contributed by atoms with Gasteiger partial charge in [-0.05, 0) is 66.6 Å². The van der Waals surface area contributed by atoms with Crippen LogP contribution in [-0.2, 0) is 13.0 Å². The predicted octanol–water partition coefficient (Wildman–Crippen LogP) is 6.22. The van der Waals surface area contributed by atoms with Gasteiger partial charge in [-0.3, -0.25) is 0 Å². The molecule has 0 radical (unpaired) electrons. The first-order valence-electron chi connectivity index (χ1n) is 10.4. The molecule has 2 heterocycles. The fraction of sp³-hybridized carbons (Fsp3) is 0.360. The van der Waals surface area contributed by atoms with Crippen molar-refractivity contribution in [2.24, 2.45) is 0 Å². The molecule has 1 aliphatic rings. The lowest BCUT2D eigenvalue weighted by Crippen LogP contribution is -2.09. The van der Waals surface area contributed by atoms with E-state index in [1.807, 2.05) is 12.1 Å². The van der Waals surface area contributed by atoms with Crippen LogP contribution in [0, 0.1) is 0 Å². The van der Waals surface area contributed by atoms with Crippen LogP contribution in [0.1, 0.15) is 66.6 Å². The molecule has 4 rings (SSSR count). The summed E-state index contributed by atoms with van der Waals surface area (Å²) in [6.45, 7) is 4.47.